The van der Waals surface area contributed by atoms with Gasteiger partial charge in [-0.15, -0.1) is 0 Å². The van der Waals surface area contributed by atoms with Gasteiger partial charge in [0.15, 0.2) is 0 Å². The van der Waals surface area contributed by atoms with Crippen molar-refractivity contribution < 1.29 is 0 Å². The molecule has 13 heavy (non-hydrogen) atoms. The van der Waals surface area contributed by atoms with Crippen LogP contribution in [-0.2, 0) is 0 Å². The normalized spacial score (nSPS) is 34.5. The lowest BCUT2D eigenvalue weighted by Gasteiger charge is -2.32. The van der Waals surface area contributed by atoms with E-state index in [1.165, 1.54) is 19.3 Å². The summed E-state index contributed by atoms with van der Waals surface area (Å²) in [4.78, 5) is 0. The van der Waals surface area contributed by atoms with E-state index in [9.17, 15) is 0 Å². The fourth-order valence-electron chi connectivity index (χ4n) is 2.37. The predicted molar refractivity (Wildman–Crippen MR) is 59.0 cm³/mol. The van der Waals surface area contributed by atoms with Crippen LogP contribution >= 0.6 is 11.6 Å². The van der Waals surface area contributed by atoms with Crippen LogP contribution in [0.2, 0.25) is 0 Å². The topological polar surface area (TPSA) is 12.0 Å². The number of hydrogen-bond donors (Lipinski definition) is 1. The molecular weight excluding hydrogens is 182 g/mol. The molecule has 1 nitrogen and oxygen atoms in total. The van der Waals surface area contributed by atoms with Gasteiger partial charge in [0.25, 0.3) is 0 Å². The van der Waals surface area contributed by atoms with E-state index in [-0.39, 0.29) is 0 Å². The molecule has 0 aromatic heterocycles. The van der Waals surface area contributed by atoms with Gasteiger partial charge in [-0.2, -0.15) is 0 Å². The van der Waals surface area contributed by atoms with Crippen LogP contribution in [0.5, 0.6) is 0 Å². The molecule has 2 atom stereocenters. The molecule has 1 fully saturated rings. The molecule has 1 saturated carbocycles. The van der Waals surface area contributed by atoms with E-state index < -0.39 is 0 Å². The molecule has 76 valence electrons. The highest BCUT2D eigenvalue weighted by molar-refractivity contribution is 6.29. The van der Waals surface area contributed by atoms with Gasteiger partial charge in [0.2, 0.25) is 0 Å². The molecule has 0 bridgehead atoms. The minimum atomic E-state index is 0.647. The average molecular weight is 202 g/mol. The predicted octanol–water partition coefficient (Wildman–Crippen LogP) is 3.15. The van der Waals surface area contributed by atoms with E-state index in [2.05, 4.69) is 25.7 Å². The van der Waals surface area contributed by atoms with E-state index in [1.54, 1.807) is 0 Å². The van der Waals surface area contributed by atoms with E-state index in [1.807, 2.05) is 0 Å². The first-order valence-corrected chi connectivity index (χ1v) is 5.52. The Hall–Kier alpha value is -0.0100. The molecular formula is C11H20ClN. The monoisotopic (exact) mass is 201 g/mol. The summed E-state index contributed by atoms with van der Waals surface area (Å²) < 4.78 is 0. The van der Waals surface area contributed by atoms with Gasteiger partial charge >= 0.3 is 0 Å². The quantitative estimate of drug-likeness (QED) is 0.740. The fraction of sp³-hybridized carbons (Fsp3) is 0.818. The minimum absolute atomic E-state index is 0.647. The smallest absolute Gasteiger partial charge is 0.0310 e. The summed E-state index contributed by atoms with van der Waals surface area (Å²) in [5.74, 6) is 1.70. The van der Waals surface area contributed by atoms with Crippen LogP contribution in [0.1, 0.15) is 33.1 Å². The Balaban J connectivity index is 2.28. The molecule has 0 saturated heterocycles. The van der Waals surface area contributed by atoms with Crippen molar-refractivity contribution in [3.8, 4) is 0 Å². The summed E-state index contributed by atoms with van der Waals surface area (Å²) in [5.41, 5.74) is 0. The molecule has 0 heterocycles. The molecule has 0 spiro atoms. The molecule has 0 aliphatic heterocycles. The first-order valence-electron chi connectivity index (χ1n) is 5.14. The Bertz CT molecular complexity index is 169. The van der Waals surface area contributed by atoms with Crippen molar-refractivity contribution in [2.75, 3.05) is 6.54 Å². The lowest BCUT2D eigenvalue weighted by Crippen LogP contribution is -2.36. The summed E-state index contributed by atoms with van der Waals surface area (Å²) in [5, 5.41) is 4.16. The third kappa shape index (κ3) is 4.15. The molecule has 0 amide bonds. The highest BCUT2D eigenvalue weighted by atomic mass is 35.5. The lowest BCUT2D eigenvalue weighted by molar-refractivity contribution is 0.243. The number of halogens is 1. The number of hydrogen-bond acceptors (Lipinski definition) is 1. The molecule has 0 aromatic rings. The second-order valence-electron chi connectivity index (χ2n) is 4.51. The standard InChI is InChI=1S/C11H20ClN/c1-8-4-9(2)6-11(5-8)13-7-10(3)12/h8-9,11,13H,3-7H2,1-2H3. The zero-order chi connectivity index (χ0) is 9.84. The Kier molecular flexibility index (Phi) is 4.27. The van der Waals surface area contributed by atoms with Crippen molar-refractivity contribution >= 4 is 11.6 Å². The van der Waals surface area contributed by atoms with Crippen LogP contribution < -0.4 is 5.32 Å². The van der Waals surface area contributed by atoms with E-state index >= 15 is 0 Å². The first kappa shape index (κ1) is 11.1. The van der Waals surface area contributed by atoms with Crippen LogP contribution in [-0.4, -0.2) is 12.6 Å². The van der Waals surface area contributed by atoms with E-state index in [0.29, 0.717) is 11.1 Å². The Labute approximate surface area is 86.5 Å². The highest BCUT2D eigenvalue weighted by Gasteiger charge is 2.23. The summed E-state index contributed by atoms with van der Waals surface area (Å²) in [7, 11) is 0. The summed E-state index contributed by atoms with van der Waals surface area (Å²) in [6.45, 7) is 9.10. The van der Waals surface area contributed by atoms with Gasteiger partial charge in [0.1, 0.15) is 0 Å². The third-order valence-electron chi connectivity index (χ3n) is 2.76. The van der Waals surface area contributed by atoms with Crippen LogP contribution in [0.4, 0.5) is 0 Å². The average Bonchev–Trinajstić information content (AvgIpc) is 1.99. The van der Waals surface area contributed by atoms with Gasteiger partial charge in [-0.3, -0.25) is 0 Å². The van der Waals surface area contributed by atoms with Crippen molar-refractivity contribution in [1.29, 1.82) is 0 Å². The van der Waals surface area contributed by atoms with Crippen LogP contribution in [0.3, 0.4) is 0 Å². The largest absolute Gasteiger partial charge is 0.309 e. The van der Waals surface area contributed by atoms with E-state index in [0.717, 1.165) is 18.4 Å². The Morgan fingerprint density at radius 2 is 1.85 bits per heavy atom. The molecule has 1 rings (SSSR count). The molecule has 1 N–H and O–H groups in total. The summed E-state index contributed by atoms with van der Waals surface area (Å²) in [6.07, 6.45) is 3.95. The Morgan fingerprint density at radius 1 is 1.31 bits per heavy atom. The Morgan fingerprint density at radius 3 is 2.31 bits per heavy atom. The van der Waals surface area contributed by atoms with Crippen LogP contribution in [0.25, 0.3) is 0 Å². The second-order valence-corrected chi connectivity index (χ2v) is 5.05. The molecule has 2 heteroatoms. The first-order chi connectivity index (χ1) is 6.08. The van der Waals surface area contributed by atoms with Crippen LogP contribution in [0, 0.1) is 11.8 Å². The maximum atomic E-state index is 5.71. The SMILES string of the molecule is C=C(Cl)CNC1CC(C)CC(C)C1. The molecule has 2 unspecified atom stereocenters. The molecule has 1 aliphatic rings. The zero-order valence-electron chi connectivity index (χ0n) is 8.65. The molecule has 1 aliphatic carbocycles. The maximum absolute atomic E-state index is 5.71. The van der Waals surface area contributed by atoms with Crippen molar-refractivity contribution in [2.24, 2.45) is 11.8 Å². The molecule has 0 aromatic carbocycles. The van der Waals surface area contributed by atoms with Gasteiger partial charge in [0, 0.05) is 17.6 Å². The lowest BCUT2D eigenvalue weighted by atomic mass is 9.80. The van der Waals surface area contributed by atoms with Crippen molar-refractivity contribution in [2.45, 2.75) is 39.2 Å². The summed E-state index contributed by atoms with van der Waals surface area (Å²) in [6, 6.07) is 0.647. The van der Waals surface area contributed by atoms with Gasteiger partial charge in [-0.1, -0.05) is 32.0 Å². The third-order valence-corrected chi connectivity index (χ3v) is 2.89. The van der Waals surface area contributed by atoms with E-state index in [4.69, 9.17) is 11.6 Å². The minimum Gasteiger partial charge on any atom is -0.309 e. The number of nitrogens with one attached hydrogen (secondary N) is 1. The number of rotatable bonds is 3. The van der Waals surface area contributed by atoms with Crippen molar-refractivity contribution in [3.05, 3.63) is 11.6 Å². The van der Waals surface area contributed by atoms with Crippen LogP contribution in [0.15, 0.2) is 11.6 Å². The summed E-state index contributed by atoms with van der Waals surface area (Å²) >= 11 is 5.71. The maximum Gasteiger partial charge on any atom is 0.0310 e. The van der Waals surface area contributed by atoms with Gasteiger partial charge in [-0.25, -0.2) is 0 Å². The van der Waals surface area contributed by atoms with Gasteiger partial charge in [-0.05, 0) is 31.1 Å². The second kappa shape index (κ2) is 5.02. The zero-order valence-corrected chi connectivity index (χ0v) is 9.40. The molecule has 0 radical (unpaired) electrons. The van der Waals surface area contributed by atoms with Gasteiger partial charge in [0.05, 0.1) is 0 Å². The van der Waals surface area contributed by atoms with Gasteiger partial charge < -0.3 is 5.32 Å². The van der Waals surface area contributed by atoms with Crippen molar-refractivity contribution in [3.63, 3.8) is 0 Å². The highest BCUT2D eigenvalue weighted by Crippen LogP contribution is 2.28. The fourth-order valence-corrected chi connectivity index (χ4v) is 2.45. The van der Waals surface area contributed by atoms with Crippen molar-refractivity contribution in [1.82, 2.24) is 5.32 Å².